The molecule has 9 rings (SSSR count). The van der Waals surface area contributed by atoms with Gasteiger partial charge in [0, 0.05) is 23.6 Å². The van der Waals surface area contributed by atoms with E-state index in [0.717, 1.165) is 42.2 Å². The SMILES string of the molecule is C=C[C@@H]1C[C@]1(NC(=O)[C@@H]1C[C@@H]2CN1C(=O)[C@H](C1CCCC1)NC(=O)O[C@]1(C)C[C@H]1CC/C=C\Cc1c(nc3ccccc3c1OCc1ccccc1)O2)C(=O)NS(=O)(=O)C1CC1. The van der Waals surface area contributed by atoms with Crippen molar-refractivity contribution in [3.05, 3.63) is 90.5 Å². The first-order chi connectivity index (χ1) is 29.9. The number of carbonyl (C=O) groups excluding carboxylic acids is 4. The summed E-state index contributed by atoms with van der Waals surface area (Å²) in [6.07, 6.45) is 11.3. The monoisotopic (exact) mass is 865 g/mol. The van der Waals surface area contributed by atoms with Gasteiger partial charge in [-0.1, -0.05) is 73.5 Å². The summed E-state index contributed by atoms with van der Waals surface area (Å²) in [5, 5.41) is 5.98. The summed E-state index contributed by atoms with van der Waals surface area (Å²) in [4.78, 5) is 63.5. The highest BCUT2D eigenvalue weighted by Gasteiger charge is 2.62. The number of amides is 4. The Bertz CT molecular complexity index is 2400. The molecule has 15 heteroatoms. The first kappa shape index (κ1) is 41.9. The predicted molar refractivity (Wildman–Crippen MR) is 230 cm³/mol. The van der Waals surface area contributed by atoms with Gasteiger partial charge >= 0.3 is 6.09 Å². The molecule has 14 nitrogen and oxygen atoms in total. The van der Waals surface area contributed by atoms with E-state index in [1.165, 1.54) is 11.0 Å². The van der Waals surface area contributed by atoms with Crippen molar-refractivity contribution in [1.82, 2.24) is 25.2 Å². The van der Waals surface area contributed by atoms with Gasteiger partial charge in [-0.15, -0.1) is 6.58 Å². The number of hydrogen-bond donors (Lipinski definition) is 3. The Kier molecular flexibility index (Phi) is 11.3. The van der Waals surface area contributed by atoms with Gasteiger partial charge in [0.05, 0.1) is 22.9 Å². The fourth-order valence-corrected chi connectivity index (χ4v) is 11.1. The Morgan fingerprint density at radius 2 is 1.77 bits per heavy atom. The Labute approximate surface area is 362 Å². The number of aromatic nitrogens is 1. The van der Waals surface area contributed by atoms with Crippen LogP contribution in [0.4, 0.5) is 4.79 Å². The molecule has 5 fully saturated rings. The molecule has 2 bridgehead atoms. The summed E-state index contributed by atoms with van der Waals surface area (Å²) in [6.45, 7) is 6.03. The summed E-state index contributed by atoms with van der Waals surface area (Å²) in [6, 6.07) is 15.4. The molecule has 3 N–H and O–H groups in total. The molecule has 2 aliphatic heterocycles. The highest BCUT2D eigenvalue weighted by atomic mass is 32.2. The van der Waals surface area contributed by atoms with Crippen LogP contribution in [0.2, 0.25) is 0 Å². The molecule has 4 amide bonds. The number of allylic oxidation sites excluding steroid dienone is 2. The fraction of sp³-hybridized carbons (Fsp3) is 0.511. The molecule has 3 aromatic rings. The van der Waals surface area contributed by atoms with E-state index in [0.29, 0.717) is 62.3 Å². The molecule has 6 aliphatic rings. The lowest BCUT2D eigenvalue weighted by Gasteiger charge is -2.32. The maximum atomic E-state index is 15.0. The molecule has 4 aliphatic carbocycles. The quantitative estimate of drug-likeness (QED) is 0.211. The fourth-order valence-electron chi connectivity index (χ4n) is 9.72. The van der Waals surface area contributed by atoms with E-state index in [-0.39, 0.29) is 31.2 Å². The van der Waals surface area contributed by atoms with Crippen LogP contribution >= 0.6 is 0 Å². The van der Waals surface area contributed by atoms with Gasteiger partial charge in [-0.3, -0.25) is 19.1 Å². The summed E-state index contributed by atoms with van der Waals surface area (Å²) >= 11 is 0. The van der Waals surface area contributed by atoms with Crippen molar-refractivity contribution in [2.75, 3.05) is 6.54 Å². The molecular formula is C47H55N5O9S. The zero-order valence-corrected chi connectivity index (χ0v) is 35.9. The van der Waals surface area contributed by atoms with Gasteiger partial charge in [0.1, 0.15) is 41.7 Å². The van der Waals surface area contributed by atoms with Crippen LogP contribution in [0.25, 0.3) is 10.9 Å². The van der Waals surface area contributed by atoms with Gasteiger partial charge in [0.25, 0.3) is 5.91 Å². The van der Waals surface area contributed by atoms with E-state index < -0.39 is 74.3 Å². The summed E-state index contributed by atoms with van der Waals surface area (Å²) in [5.41, 5.74) is 0.133. The molecule has 328 valence electrons. The number of sulfonamides is 1. The smallest absolute Gasteiger partial charge is 0.408 e. The highest BCUT2D eigenvalue weighted by molar-refractivity contribution is 7.91. The molecule has 62 heavy (non-hydrogen) atoms. The van der Waals surface area contributed by atoms with Crippen LogP contribution in [-0.4, -0.2) is 83.2 Å². The van der Waals surface area contributed by atoms with Crippen molar-refractivity contribution >= 4 is 44.7 Å². The Morgan fingerprint density at radius 3 is 2.52 bits per heavy atom. The van der Waals surface area contributed by atoms with Crippen LogP contribution in [0, 0.1) is 17.8 Å². The van der Waals surface area contributed by atoms with Crippen molar-refractivity contribution in [1.29, 1.82) is 0 Å². The summed E-state index contributed by atoms with van der Waals surface area (Å²) in [5.74, 6) is -1.54. The largest absolute Gasteiger partial charge is 0.488 e. The van der Waals surface area contributed by atoms with Gasteiger partial charge in [0.2, 0.25) is 27.7 Å². The number of alkyl carbamates (subject to hydrolysis) is 1. The van der Waals surface area contributed by atoms with Crippen LogP contribution in [0.5, 0.6) is 11.6 Å². The van der Waals surface area contributed by atoms with E-state index >= 15 is 4.79 Å². The zero-order chi connectivity index (χ0) is 43.2. The second-order valence-corrected chi connectivity index (χ2v) is 20.2. The van der Waals surface area contributed by atoms with Crippen LogP contribution < -0.4 is 24.8 Å². The van der Waals surface area contributed by atoms with Gasteiger partial charge in [-0.25, -0.2) is 18.2 Å². The van der Waals surface area contributed by atoms with Crippen molar-refractivity contribution in [2.24, 2.45) is 17.8 Å². The van der Waals surface area contributed by atoms with Crippen molar-refractivity contribution in [2.45, 2.75) is 125 Å². The maximum Gasteiger partial charge on any atom is 0.408 e. The van der Waals surface area contributed by atoms with Crippen molar-refractivity contribution < 1.29 is 41.8 Å². The number of rotatable bonds is 10. The zero-order valence-electron chi connectivity index (χ0n) is 35.1. The third kappa shape index (κ3) is 8.52. The number of ether oxygens (including phenoxy) is 3. The number of pyridine rings is 1. The van der Waals surface area contributed by atoms with E-state index in [2.05, 4.69) is 34.1 Å². The Morgan fingerprint density at radius 1 is 1.02 bits per heavy atom. The predicted octanol–water partition coefficient (Wildman–Crippen LogP) is 5.79. The third-order valence-corrected chi connectivity index (χ3v) is 15.6. The minimum atomic E-state index is -3.92. The number of nitrogens with one attached hydrogen (secondary N) is 3. The minimum absolute atomic E-state index is 0.0270. The number of hydrogen-bond acceptors (Lipinski definition) is 10. The first-order valence-corrected chi connectivity index (χ1v) is 23.6. The lowest BCUT2D eigenvalue weighted by atomic mass is 9.96. The molecule has 3 heterocycles. The molecular weight excluding hydrogens is 811 g/mol. The number of benzene rings is 2. The average Bonchev–Trinajstić information content (AvgIpc) is 4.21. The third-order valence-electron chi connectivity index (χ3n) is 13.8. The minimum Gasteiger partial charge on any atom is -0.488 e. The average molecular weight is 866 g/mol. The Hall–Kier alpha value is -5.44. The lowest BCUT2D eigenvalue weighted by Crippen LogP contribution is -2.59. The molecule has 2 aromatic carbocycles. The Balaban J connectivity index is 1.08. The molecule has 0 spiro atoms. The second kappa shape index (κ2) is 16.7. The summed E-state index contributed by atoms with van der Waals surface area (Å²) < 4.78 is 47.5. The van der Waals surface area contributed by atoms with E-state index in [1.54, 1.807) is 0 Å². The van der Waals surface area contributed by atoms with Crippen molar-refractivity contribution in [3.8, 4) is 11.6 Å². The second-order valence-electron chi connectivity index (χ2n) is 18.2. The first-order valence-electron chi connectivity index (χ1n) is 22.1. The molecule has 0 unspecified atom stereocenters. The maximum absolute atomic E-state index is 15.0. The van der Waals surface area contributed by atoms with Gasteiger partial charge < -0.3 is 29.7 Å². The molecule has 0 radical (unpaired) electrons. The normalized spacial score (nSPS) is 30.6. The summed E-state index contributed by atoms with van der Waals surface area (Å²) in [7, 11) is -3.92. The number of nitrogens with zero attached hydrogens (tertiary/aromatic N) is 2. The van der Waals surface area contributed by atoms with Gasteiger partial charge in [-0.2, -0.15) is 0 Å². The van der Waals surface area contributed by atoms with E-state index in [4.69, 9.17) is 19.2 Å². The molecule has 4 saturated carbocycles. The molecule has 1 saturated heterocycles. The molecule has 7 atom stereocenters. The highest BCUT2D eigenvalue weighted by Crippen LogP contribution is 2.50. The van der Waals surface area contributed by atoms with Crippen molar-refractivity contribution in [3.63, 3.8) is 0 Å². The van der Waals surface area contributed by atoms with E-state index in [9.17, 15) is 22.8 Å². The topological polar surface area (TPSA) is 182 Å². The number of para-hydroxylation sites is 1. The van der Waals surface area contributed by atoms with Crippen LogP contribution in [0.3, 0.4) is 0 Å². The van der Waals surface area contributed by atoms with Crippen LogP contribution in [0.15, 0.2) is 79.4 Å². The standard InChI is InChI=1S/C47H55N5O9S/c1-3-31-26-47(31,44(55)51-62(57,58)34-22-23-34)50-41(53)38-24-33-27-52(38)43(54)39(30-16-10-11-17-30)49-45(56)61-46(2)25-32(46)18-8-5-9-20-36-40(59-28-29-14-6-4-7-15-29)35-19-12-13-21-37(35)48-42(36)60-33/h3-7,9,12-15,19,21,30-34,38-39H,1,8,10-11,16-18,20,22-28H2,2H3,(H,49,56)(H,50,53)(H,51,55)/b9-5-/t31-,32-,33-,38+,39+,46-,47-/m1/s1. The van der Waals surface area contributed by atoms with Crippen LogP contribution in [0.1, 0.15) is 88.7 Å². The number of carbonyl (C=O) groups is 4. The number of fused-ring (bicyclic) bond motifs is 5. The lowest BCUT2D eigenvalue weighted by molar-refractivity contribution is -0.142. The molecule has 1 aromatic heterocycles. The van der Waals surface area contributed by atoms with Gasteiger partial charge in [0.15, 0.2) is 0 Å². The van der Waals surface area contributed by atoms with Crippen LogP contribution in [-0.2, 0) is 42.2 Å². The van der Waals surface area contributed by atoms with E-state index in [1.807, 2.05) is 61.5 Å². The van der Waals surface area contributed by atoms with Gasteiger partial charge in [-0.05, 0) is 88.3 Å².